The van der Waals surface area contributed by atoms with E-state index in [0.717, 1.165) is 5.56 Å². The Kier molecular flexibility index (Phi) is 4.09. The quantitative estimate of drug-likeness (QED) is 0.825. The summed E-state index contributed by atoms with van der Waals surface area (Å²) in [5.74, 6) is -0.906. The average molecular weight is 237 g/mol. The van der Waals surface area contributed by atoms with Crippen molar-refractivity contribution in [1.82, 2.24) is 5.32 Å². The molecule has 1 atom stereocenters. The molecule has 2 N–H and O–H groups in total. The number of carbonyl (C=O) groups excluding carboxylic acids is 1. The molecule has 1 aromatic rings. The maximum Gasteiger partial charge on any atom is 0.325 e. The zero-order chi connectivity index (χ0) is 13.0. The van der Waals surface area contributed by atoms with Gasteiger partial charge in [0.25, 0.3) is 5.91 Å². The first-order valence-electron chi connectivity index (χ1n) is 5.14. The van der Waals surface area contributed by atoms with E-state index in [-0.39, 0.29) is 0 Å². The molecule has 0 aliphatic rings. The number of nitrogens with one attached hydrogen (secondary N) is 1. The molecule has 92 valence electrons. The average Bonchev–Trinajstić information content (AvgIpc) is 2.29. The molecule has 0 bridgehead atoms. The number of carbonyl (C=O) groups is 2. The van der Waals surface area contributed by atoms with Crippen molar-refractivity contribution in [2.75, 3.05) is 7.11 Å². The smallest absolute Gasteiger partial charge is 0.325 e. The van der Waals surface area contributed by atoms with Gasteiger partial charge in [-0.3, -0.25) is 9.59 Å². The molecule has 0 aliphatic heterocycles. The van der Waals surface area contributed by atoms with Crippen LogP contribution in [0.3, 0.4) is 0 Å². The van der Waals surface area contributed by atoms with Gasteiger partial charge in [0.05, 0.1) is 7.11 Å². The number of rotatable bonds is 4. The number of amides is 1. The van der Waals surface area contributed by atoms with Gasteiger partial charge in [0, 0.05) is 5.56 Å². The van der Waals surface area contributed by atoms with Gasteiger partial charge in [-0.2, -0.15) is 0 Å². The Bertz CT molecular complexity index is 442. The first-order valence-corrected chi connectivity index (χ1v) is 5.14. The second-order valence-corrected chi connectivity index (χ2v) is 3.72. The fraction of sp³-hybridized carbons (Fsp3) is 0.333. The molecule has 0 saturated carbocycles. The summed E-state index contributed by atoms with van der Waals surface area (Å²) in [5, 5.41) is 11.1. The van der Waals surface area contributed by atoms with Gasteiger partial charge in [0.1, 0.15) is 11.8 Å². The van der Waals surface area contributed by atoms with Crippen LogP contribution in [0, 0.1) is 6.92 Å². The van der Waals surface area contributed by atoms with Gasteiger partial charge in [-0.1, -0.05) is 6.07 Å². The SMILES string of the molecule is COc1cc(C(=O)N[C@@H](C)C(=O)O)ccc1C. The lowest BCUT2D eigenvalue weighted by Crippen LogP contribution is -2.38. The number of hydrogen-bond donors (Lipinski definition) is 2. The van der Waals surface area contributed by atoms with Crippen molar-refractivity contribution in [3.8, 4) is 5.75 Å². The van der Waals surface area contributed by atoms with Crippen molar-refractivity contribution in [1.29, 1.82) is 0 Å². The third-order valence-corrected chi connectivity index (χ3v) is 2.39. The van der Waals surface area contributed by atoms with Crippen LogP contribution in [0.2, 0.25) is 0 Å². The first-order chi connectivity index (χ1) is 7.95. The summed E-state index contributed by atoms with van der Waals surface area (Å²) in [4.78, 5) is 22.3. The number of aliphatic carboxylic acids is 1. The van der Waals surface area contributed by atoms with E-state index >= 15 is 0 Å². The maximum absolute atomic E-state index is 11.7. The summed E-state index contributed by atoms with van der Waals surface area (Å²) in [6.07, 6.45) is 0. The maximum atomic E-state index is 11.7. The van der Waals surface area contributed by atoms with Crippen LogP contribution in [0.1, 0.15) is 22.8 Å². The largest absolute Gasteiger partial charge is 0.496 e. The molecule has 1 aromatic carbocycles. The van der Waals surface area contributed by atoms with E-state index in [2.05, 4.69) is 5.32 Å². The number of hydrogen-bond acceptors (Lipinski definition) is 3. The van der Waals surface area contributed by atoms with Crippen LogP contribution in [0.15, 0.2) is 18.2 Å². The number of carboxylic acid groups (broad SMARTS) is 1. The fourth-order valence-corrected chi connectivity index (χ4v) is 1.30. The monoisotopic (exact) mass is 237 g/mol. The van der Waals surface area contributed by atoms with E-state index in [1.807, 2.05) is 6.92 Å². The Morgan fingerprint density at radius 2 is 2.06 bits per heavy atom. The van der Waals surface area contributed by atoms with Crippen LogP contribution in [0.4, 0.5) is 0 Å². The number of ether oxygens (including phenoxy) is 1. The molecule has 0 radical (unpaired) electrons. The summed E-state index contributed by atoms with van der Waals surface area (Å²) in [7, 11) is 1.52. The van der Waals surface area contributed by atoms with Crippen LogP contribution in [-0.2, 0) is 4.79 Å². The van der Waals surface area contributed by atoms with E-state index in [1.54, 1.807) is 18.2 Å². The minimum atomic E-state index is -1.07. The van der Waals surface area contributed by atoms with Crippen molar-refractivity contribution in [2.45, 2.75) is 19.9 Å². The Labute approximate surface area is 99.4 Å². The van der Waals surface area contributed by atoms with Crippen molar-refractivity contribution in [3.05, 3.63) is 29.3 Å². The van der Waals surface area contributed by atoms with Crippen LogP contribution in [-0.4, -0.2) is 30.1 Å². The lowest BCUT2D eigenvalue weighted by atomic mass is 10.1. The van der Waals surface area contributed by atoms with Gasteiger partial charge >= 0.3 is 5.97 Å². The molecule has 1 amide bonds. The summed E-state index contributed by atoms with van der Waals surface area (Å²) < 4.78 is 5.09. The third-order valence-electron chi connectivity index (χ3n) is 2.39. The number of carboxylic acids is 1. The topological polar surface area (TPSA) is 75.6 Å². The Hall–Kier alpha value is -2.04. The molecule has 1 rings (SSSR count). The summed E-state index contributed by atoms with van der Waals surface area (Å²) in [6.45, 7) is 3.27. The molecule has 0 aliphatic carbocycles. The van der Waals surface area contributed by atoms with Gasteiger partial charge in [-0.15, -0.1) is 0 Å². The molecular weight excluding hydrogens is 222 g/mol. The van der Waals surface area contributed by atoms with Gasteiger partial charge in [-0.05, 0) is 31.5 Å². The number of methoxy groups -OCH3 is 1. The molecule has 0 unspecified atom stereocenters. The van der Waals surface area contributed by atoms with Crippen LogP contribution < -0.4 is 10.1 Å². The van der Waals surface area contributed by atoms with Crippen LogP contribution in [0.5, 0.6) is 5.75 Å². The number of benzene rings is 1. The van der Waals surface area contributed by atoms with Gasteiger partial charge in [0.2, 0.25) is 0 Å². The highest BCUT2D eigenvalue weighted by atomic mass is 16.5. The molecule has 0 fully saturated rings. The molecule has 17 heavy (non-hydrogen) atoms. The normalized spacial score (nSPS) is 11.7. The zero-order valence-electron chi connectivity index (χ0n) is 9.98. The van der Waals surface area contributed by atoms with Crippen molar-refractivity contribution >= 4 is 11.9 Å². The van der Waals surface area contributed by atoms with Gasteiger partial charge in [0.15, 0.2) is 0 Å². The van der Waals surface area contributed by atoms with Crippen LogP contribution >= 0.6 is 0 Å². The molecule has 0 spiro atoms. The Balaban J connectivity index is 2.86. The summed E-state index contributed by atoms with van der Waals surface area (Å²) in [6, 6.07) is 4.04. The minimum absolute atomic E-state index is 0.376. The Morgan fingerprint density at radius 1 is 1.41 bits per heavy atom. The lowest BCUT2D eigenvalue weighted by Gasteiger charge is -2.11. The van der Waals surface area contributed by atoms with Gasteiger partial charge < -0.3 is 15.2 Å². The predicted octanol–water partition coefficient (Wildman–Crippen LogP) is 1.21. The van der Waals surface area contributed by atoms with E-state index in [9.17, 15) is 9.59 Å². The van der Waals surface area contributed by atoms with Gasteiger partial charge in [-0.25, -0.2) is 0 Å². The molecular formula is C12H15NO4. The summed E-state index contributed by atoms with van der Waals surface area (Å²) >= 11 is 0. The van der Waals surface area contributed by atoms with E-state index in [0.29, 0.717) is 11.3 Å². The third kappa shape index (κ3) is 3.21. The lowest BCUT2D eigenvalue weighted by molar-refractivity contribution is -0.138. The second kappa shape index (κ2) is 5.34. The van der Waals surface area contributed by atoms with E-state index in [1.165, 1.54) is 14.0 Å². The highest BCUT2D eigenvalue weighted by Gasteiger charge is 2.15. The van der Waals surface area contributed by atoms with Crippen molar-refractivity contribution < 1.29 is 19.4 Å². The first kappa shape index (κ1) is 13.0. The molecule has 5 nitrogen and oxygen atoms in total. The highest BCUT2D eigenvalue weighted by Crippen LogP contribution is 2.18. The Morgan fingerprint density at radius 3 is 2.59 bits per heavy atom. The highest BCUT2D eigenvalue weighted by molar-refractivity contribution is 5.96. The molecule has 0 saturated heterocycles. The van der Waals surface area contributed by atoms with E-state index in [4.69, 9.17) is 9.84 Å². The summed E-state index contributed by atoms with van der Waals surface area (Å²) in [5.41, 5.74) is 1.29. The fourth-order valence-electron chi connectivity index (χ4n) is 1.30. The minimum Gasteiger partial charge on any atom is -0.496 e. The number of aryl methyl sites for hydroxylation is 1. The molecule has 5 heteroatoms. The van der Waals surface area contributed by atoms with Crippen molar-refractivity contribution in [2.24, 2.45) is 0 Å². The zero-order valence-corrected chi connectivity index (χ0v) is 9.98. The second-order valence-electron chi connectivity index (χ2n) is 3.72. The van der Waals surface area contributed by atoms with Crippen molar-refractivity contribution in [3.63, 3.8) is 0 Å². The molecule has 0 heterocycles. The molecule has 0 aromatic heterocycles. The standard InChI is InChI=1S/C12H15NO4/c1-7-4-5-9(6-10(7)17-3)11(14)13-8(2)12(15)16/h4-6,8H,1-3H3,(H,13,14)(H,15,16)/t8-/m0/s1. The van der Waals surface area contributed by atoms with Crippen LogP contribution in [0.25, 0.3) is 0 Å². The van der Waals surface area contributed by atoms with E-state index < -0.39 is 17.9 Å². The predicted molar refractivity (Wildman–Crippen MR) is 62.3 cm³/mol.